The Labute approximate surface area is 191 Å². The fourth-order valence-corrected chi connectivity index (χ4v) is 3.67. The highest BCUT2D eigenvalue weighted by molar-refractivity contribution is 5.66. The Hall–Kier alpha value is -2.65. The second kappa shape index (κ2) is 11.5. The SMILES string of the molecule is CC[C@H](/C=C(\C)c1cc(C)oc1C(F)(F)F)CCCN(O)N(C=O)Cc1cccc(C)c1F. The number of alkyl halides is 3. The van der Waals surface area contributed by atoms with Gasteiger partial charge in [0.15, 0.2) is 0 Å². The molecular formula is C24H30F4N2O3. The summed E-state index contributed by atoms with van der Waals surface area (Å²) in [4.78, 5) is 11.4. The van der Waals surface area contributed by atoms with Crippen molar-refractivity contribution in [2.24, 2.45) is 5.92 Å². The normalized spacial score (nSPS) is 13.5. The van der Waals surface area contributed by atoms with E-state index in [0.29, 0.717) is 36.8 Å². The quantitative estimate of drug-likeness (QED) is 0.231. The number of hydroxylamine groups is 1. The van der Waals surface area contributed by atoms with E-state index in [9.17, 15) is 27.6 Å². The lowest BCUT2D eigenvalue weighted by Crippen LogP contribution is -2.39. The third-order valence-electron chi connectivity index (χ3n) is 5.50. The van der Waals surface area contributed by atoms with Crippen molar-refractivity contribution in [1.82, 2.24) is 10.2 Å². The molecule has 1 aromatic carbocycles. The first-order valence-corrected chi connectivity index (χ1v) is 10.8. The molecule has 1 atom stereocenters. The largest absolute Gasteiger partial charge is 0.456 e. The van der Waals surface area contributed by atoms with Crippen molar-refractivity contribution in [3.63, 3.8) is 0 Å². The smallest absolute Gasteiger partial charge is 0.450 e. The second-order valence-corrected chi connectivity index (χ2v) is 8.10. The predicted octanol–water partition coefficient (Wildman–Crippen LogP) is 6.53. The number of hydrogen-bond donors (Lipinski definition) is 1. The molecule has 0 saturated carbocycles. The van der Waals surface area contributed by atoms with Gasteiger partial charge in [0, 0.05) is 17.7 Å². The van der Waals surface area contributed by atoms with Crippen LogP contribution >= 0.6 is 0 Å². The Balaban J connectivity index is 2.00. The molecule has 0 aliphatic carbocycles. The lowest BCUT2D eigenvalue weighted by Gasteiger charge is -2.27. The standard InChI is InChI=1S/C24H30F4N2O3/c1-5-19(12-17(3)21-13-18(4)33-23(21)24(26,27)28)9-7-11-30(32)29(15-31)14-20-10-6-8-16(2)22(20)25/h6,8,10,12-13,15,19,32H,5,7,9,11,14H2,1-4H3/b17-12+/t19-/m0/s1. The summed E-state index contributed by atoms with van der Waals surface area (Å²) < 4.78 is 58.8. The van der Waals surface area contributed by atoms with Gasteiger partial charge in [-0.2, -0.15) is 13.2 Å². The fraction of sp³-hybridized carbons (Fsp3) is 0.458. The summed E-state index contributed by atoms with van der Waals surface area (Å²) in [6.45, 7) is 6.61. The number of benzene rings is 1. The third kappa shape index (κ3) is 7.17. The van der Waals surface area contributed by atoms with E-state index in [4.69, 9.17) is 4.42 Å². The van der Waals surface area contributed by atoms with Gasteiger partial charge in [-0.1, -0.05) is 36.4 Å². The maximum absolute atomic E-state index is 14.2. The number of rotatable bonds is 11. The zero-order valence-electron chi connectivity index (χ0n) is 19.2. The minimum atomic E-state index is -4.58. The molecule has 0 saturated heterocycles. The Morgan fingerprint density at radius 3 is 2.58 bits per heavy atom. The molecule has 5 nitrogen and oxygen atoms in total. The van der Waals surface area contributed by atoms with E-state index in [2.05, 4.69) is 0 Å². The van der Waals surface area contributed by atoms with E-state index in [1.54, 1.807) is 38.1 Å². The van der Waals surface area contributed by atoms with Crippen LogP contribution in [0, 0.1) is 25.6 Å². The third-order valence-corrected chi connectivity index (χ3v) is 5.50. The van der Waals surface area contributed by atoms with Crippen molar-refractivity contribution in [3.05, 3.63) is 64.4 Å². The minimum Gasteiger partial charge on any atom is -0.456 e. The van der Waals surface area contributed by atoms with Crippen LogP contribution in [0.2, 0.25) is 0 Å². The number of furan rings is 1. The number of amides is 1. The number of hydrazine groups is 1. The van der Waals surface area contributed by atoms with E-state index >= 15 is 0 Å². The van der Waals surface area contributed by atoms with Crippen LogP contribution in [0.15, 0.2) is 34.8 Å². The van der Waals surface area contributed by atoms with Crippen LogP contribution < -0.4 is 0 Å². The van der Waals surface area contributed by atoms with E-state index in [0.717, 1.165) is 10.2 Å². The maximum Gasteiger partial charge on any atom is 0.450 e. The van der Waals surface area contributed by atoms with E-state index in [1.165, 1.54) is 13.0 Å². The first-order chi connectivity index (χ1) is 15.5. The van der Waals surface area contributed by atoms with E-state index < -0.39 is 17.8 Å². The van der Waals surface area contributed by atoms with Crippen molar-refractivity contribution in [2.75, 3.05) is 6.54 Å². The number of aryl methyl sites for hydroxylation is 2. The fourth-order valence-electron chi connectivity index (χ4n) is 3.67. The average Bonchev–Trinajstić information content (AvgIpc) is 3.16. The van der Waals surface area contributed by atoms with Crippen molar-refractivity contribution in [3.8, 4) is 0 Å². The van der Waals surface area contributed by atoms with Crippen LogP contribution in [0.5, 0.6) is 0 Å². The summed E-state index contributed by atoms with van der Waals surface area (Å²) in [5.41, 5.74) is 1.21. The number of halogens is 4. The van der Waals surface area contributed by atoms with Crippen molar-refractivity contribution in [2.45, 2.75) is 59.7 Å². The summed E-state index contributed by atoms with van der Waals surface area (Å²) in [7, 11) is 0. The summed E-state index contributed by atoms with van der Waals surface area (Å²) in [6.07, 6.45) is -0.645. The van der Waals surface area contributed by atoms with Gasteiger partial charge in [0.1, 0.15) is 11.6 Å². The number of carbonyl (C=O) groups excluding carboxylic acids is 1. The van der Waals surface area contributed by atoms with Gasteiger partial charge in [0.25, 0.3) is 0 Å². The van der Waals surface area contributed by atoms with Crippen LogP contribution in [0.3, 0.4) is 0 Å². The highest BCUT2D eigenvalue weighted by Crippen LogP contribution is 2.37. The second-order valence-electron chi connectivity index (χ2n) is 8.10. The number of carbonyl (C=O) groups is 1. The first-order valence-electron chi connectivity index (χ1n) is 10.8. The summed E-state index contributed by atoms with van der Waals surface area (Å²) in [5, 5.41) is 12.0. The monoisotopic (exact) mass is 470 g/mol. The van der Waals surface area contributed by atoms with Gasteiger partial charge in [-0.05, 0) is 63.2 Å². The van der Waals surface area contributed by atoms with Crippen LogP contribution in [0.25, 0.3) is 5.57 Å². The molecule has 9 heteroatoms. The van der Waals surface area contributed by atoms with Gasteiger partial charge in [-0.25, -0.2) is 4.39 Å². The van der Waals surface area contributed by atoms with Crippen molar-refractivity contribution >= 4 is 12.0 Å². The molecule has 0 aliphatic heterocycles. The molecule has 0 aliphatic rings. The number of allylic oxidation sites excluding steroid dienone is 2. The molecule has 0 bridgehead atoms. The topological polar surface area (TPSA) is 56.9 Å². The number of hydrogen-bond acceptors (Lipinski definition) is 4. The minimum absolute atomic E-state index is 0.0227. The molecule has 182 valence electrons. The Bertz CT molecular complexity index is 969. The molecule has 0 spiro atoms. The maximum atomic E-state index is 14.2. The average molecular weight is 471 g/mol. The summed E-state index contributed by atoms with van der Waals surface area (Å²) in [5.74, 6) is -1.28. The molecule has 2 rings (SSSR count). The number of nitrogens with zero attached hydrogens (tertiary/aromatic N) is 2. The van der Waals surface area contributed by atoms with E-state index in [1.807, 2.05) is 6.92 Å². The molecule has 33 heavy (non-hydrogen) atoms. The molecule has 1 aromatic heterocycles. The van der Waals surface area contributed by atoms with Gasteiger partial charge >= 0.3 is 6.18 Å². The molecule has 2 aromatic rings. The lowest BCUT2D eigenvalue weighted by atomic mass is 9.95. The molecule has 0 unspecified atom stereocenters. The molecular weight excluding hydrogens is 440 g/mol. The van der Waals surface area contributed by atoms with Crippen molar-refractivity contribution in [1.29, 1.82) is 0 Å². The highest BCUT2D eigenvalue weighted by atomic mass is 19.4. The van der Waals surface area contributed by atoms with Crippen molar-refractivity contribution < 1.29 is 32.0 Å². The molecule has 0 radical (unpaired) electrons. The molecule has 1 amide bonds. The molecule has 1 N–H and O–H groups in total. The van der Waals surface area contributed by atoms with Gasteiger partial charge < -0.3 is 4.42 Å². The Morgan fingerprint density at radius 1 is 1.27 bits per heavy atom. The van der Waals surface area contributed by atoms with Gasteiger partial charge in [0.2, 0.25) is 12.2 Å². The van der Waals surface area contributed by atoms with Crippen LogP contribution in [-0.2, 0) is 17.5 Å². The molecule has 1 heterocycles. The van der Waals surface area contributed by atoms with E-state index in [-0.39, 0.29) is 35.9 Å². The zero-order valence-corrected chi connectivity index (χ0v) is 19.2. The van der Waals surface area contributed by atoms with Gasteiger partial charge in [-0.3, -0.25) is 15.0 Å². The molecule has 0 fully saturated rings. The lowest BCUT2D eigenvalue weighted by molar-refractivity contribution is -0.237. The zero-order chi connectivity index (χ0) is 24.8. The van der Waals surface area contributed by atoms with Gasteiger partial charge in [0.05, 0.1) is 6.54 Å². The summed E-state index contributed by atoms with van der Waals surface area (Å²) >= 11 is 0. The van der Waals surface area contributed by atoms with Gasteiger partial charge in [-0.15, -0.1) is 0 Å². The predicted molar refractivity (Wildman–Crippen MR) is 116 cm³/mol. The Morgan fingerprint density at radius 2 is 1.97 bits per heavy atom. The van der Waals surface area contributed by atoms with Crippen LogP contribution in [0.1, 0.15) is 61.3 Å². The van der Waals surface area contributed by atoms with Crippen LogP contribution in [0.4, 0.5) is 17.6 Å². The summed E-state index contributed by atoms with van der Waals surface area (Å²) in [6, 6.07) is 6.21. The first kappa shape index (κ1) is 26.6. The highest BCUT2D eigenvalue weighted by Gasteiger charge is 2.38. The Kier molecular flexibility index (Phi) is 9.25. The van der Waals surface area contributed by atoms with Crippen LogP contribution in [-0.4, -0.2) is 28.3 Å².